The Morgan fingerprint density at radius 2 is 2.30 bits per heavy atom. The summed E-state index contributed by atoms with van der Waals surface area (Å²) in [7, 11) is 0. The van der Waals surface area contributed by atoms with Gasteiger partial charge < -0.3 is 10.0 Å². The van der Waals surface area contributed by atoms with Gasteiger partial charge in [0.05, 0.1) is 5.69 Å². The Balaban J connectivity index is 1.83. The third kappa shape index (κ3) is 3.82. The zero-order chi connectivity index (χ0) is 14.5. The first kappa shape index (κ1) is 15.0. The number of likely N-dealkylation sites (tertiary alicyclic amines) is 1. The van der Waals surface area contributed by atoms with Crippen molar-refractivity contribution in [1.29, 1.82) is 0 Å². The van der Waals surface area contributed by atoms with E-state index in [-0.39, 0.29) is 12.5 Å². The van der Waals surface area contributed by atoms with Crippen LogP contribution in [0.4, 0.5) is 0 Å². The Morgan fingerprint density at radius 3 is 2.95 bits per heavy atom. The predicted octanol–water partition coefficient (Wildman–Crippen LogP) is 1.51. The summed E-state index contributed by atoms with van der Waals surface area (Å²) >= 11 is 0. The van der Waals surface area contributed by atoms with E-state index in [1.165, 1.54) is 0 Å². The number of aliphatic hydroxyl groups is 1. The zero-order valence-corrected chi connectivity index (χ0v) is 12.5. The normalized spacial score (nSPS) is 19.4. The van der Waals surface area contributed by atoms with Crippen LogP contribution < -0.4 is 0 Å². The number of rotatable bonds is 5. The monoisotopic (exact) mass is 279 g/mol. The summed E-state index contributed by atoms with van der Waals surface area (Å²) in [6, 6.07) is 2.03. The van der Waals surface area contributed by atoms with E-state index < -0.39 is 0 Å². The molecule has 1 N–H and O–H groups in total. The van der Waals surface area contributed by atoms with Gasteiger partial charge >= 0.3 is 0 Å². The molecule has 0 saturated carbocycles. The topological polar surface area (TPSA) is 58.4 Å². The van der Waals surface area contributed by atoms with Crippen LogP contribution in [-0.2, 0) is 11.3 Å². The van der Waals surface area contributed by atoms with E-state index in [0.717, 1.165) is 43.7 Å². The number of piperidine rings is 1. The maximum Gasteiger partial charge on any atom is 0.224 e. The molecule has 1 atom stereocenters. The molecule has 0 aromatic carbocycles. The van der Waals surface area contributed by atoms with E-state index in [1.807, 2.05) is 29.5 Å². The van der Waals surface area contributed by atoms with Crippen molar-refractivity contribution in [1.82, 2.24) is 14.7 Å². The van der Waals surface area contributed by atoms with Gasteiger partial charge in [0.25, 0.3) is 0 Å². The van der Waals surface area contributed by atoms with Crippen LogP contribution in [0.25, 0.3) is 0 Å². The largest absolute Gasteiger partial charge is 0.396 e. The van der Waals surface area contributed by atoms with Gasteiger partial charge in [-0.25, -0.2) is 0 Å². The number of hydrogen-bond acceptors (Lipinski definition) is 3. The molecule has 1 amide bonds. The summed E-state index contributed by atoms with van der Waals surface area (Å²) in [5.41, 5.74) is 2.10. The number of aliphatic hydroxyl groups excluding tert-OH is 1. The molecule has 1 unspecified atom stereocenters. The van der Waals surface area contributed by atoms with Crippen LogP contribution in [0.2, 0.25) is 0 Å². The number of carbonyl (C=O) groups is 1. The second-order valence-electron chi connectivity index (χ2n) is 5.76. The molecule has 0 aliphatic carbocycles. The molecule has 2 rings (SSSR count). The minimum Gasteiger partial charge on any atom is -0.396 e. The van der Waals surface area contributed by atoms with E-state index >= 15 is 0 Å². The van der Waals surface area contributed by atoms with Crippen molar-refractivity contribution in [3.05, 3.63) is 17.5 Å². The first-order valence-corrected chi connectivity index (χ1v) is 7.50. The first-order chi connectivity index (χ1) is 9.60. The summed E-state index contributed by atoms with van der Waals surface area (Å²) in [5, 5.41) is 13.4. The van der Waals surface area contributed by atoms with Crippen molar-refractivity contribution in [2.24, 2.45) is 5.92 Å². The van der Waals surface area contributed by atoms with Gasteiger partial charge in [-0.15, -0.1) is 0 Å². The number of aromatic nitrogens is 2. The molecule has 0 spiro atoms. The van der Waals surface area contributed by atoms with E-state index in [4.69, 9.17) is 5.11 Å². The molecule has 1 aliphatic heterocycles. The van der Waals surface area contributed by atoms with Gasteiger partial charge in [-0.2, -0.15) is 5.10 Å². The maximum atomic E-state index is 12.3. The molecule has 1 fully saturated rings. The molecule has 5 nitrogen and oxygen atoms in total. The molecule has 0 bridgehead atoms. The smallest absolute Gasteiger partial charge is 0.224 e. The molecule has 5 heteroatoms. The molecular formula is C15H25N3O2. The predicted molar refractivity (Wildman–Crippen MR) is 77.3 cm³/mol. The van der Waals surface area contributed by atoms with Crippen molar-refractivity contribution in [3.63, 3.8) is 0 Å². The first-order valence-electron chi connectivity index (χ1n) is 7.50. The van der Waals surface area contributed by atoms with E-state index in [0.29, 0.717) is 18.9 Å². The lowest BCUT2D eigenvalue weighted by molar-refractivity contribution is -0.133. The Bertz CT molecular complexity index is 454. The van der Waals surface area contributed by atoms with Crippen molar-refractivity contribution in [3.8, 4) is 0 Å². The number of carbonyl (C=O) groups excluding carboxylic acids is 1. The Hall–Kier alpha value is -1.36. The lowest BCUT2D eigenvalue weighted by Gasteiger charge is -2.32. The van der Waals surface area contributed by atoms with Gasteiger partial charge in [0.2, 0.25) is 5.91 Å². The summed E-state index contributed by atoms with van der Waals surface area (Å²) in [4.78, 5) is 14.2. The van der Waals surface area contributed by atoms with Gasteiger partial charge in [0, 0.05) is 38.4 Å². The van der Waals surface area contributed by atoms with Crippen LogP contribution >= 0.6 is 0 Å². The number of amides is 1. The van der Waals surface area contributed by atoms with Gasteiger partial charge in [0.15, 0.2) is 0 Å². The van der Waals surface area contributed by atoms with Crippen molar-refractivity contribution in [2.75, 3.05) is 19.7 Å². The van der Waals surface area contributed by atoms with Gasteiger partial charge in [0.1, 0.15) is 0 Å². The summed E-state index contributed by atoms with van der Waals surface area (Å²) < 4.78 is 1.91. The molecule has 1 aromatic heterocycles. The molecule has 1 saturated heterocycles. The minimum atomic E-state index is 0.209. The minimum absolute atomic E-state index is 0.209. The van der Waals surface area contributed by atoms with Crippen LogP contribution in [0.15, 0.2) is 6.07 Å². The second kappa shape index (κ2) is 6.88. The molecular weight excluding hydrogens is 254 g/mol. The molecule has 1 aliphatic rings. The van der Waals surface area contributed by atoms with E-state index in [2.05, 4.69) is 5.10 Å². The van der Waals surface area contributed by atoms with Gasteiger partial charge in [-0.3, -0.25) is 9.48 Å². The average molecular weight is 279 g/mol. The second-order valence-corrected chi connectivity index (χ2v) is 5.76. The molecule has 1 aromatic rings. The highest BCUT2D eigenvalue weighted by molar-refractivity contribution is 5.76. The quantitative estimate of drug-likeness (QED) is 0.889. The third-order valence-electron chi connectivity index (χ3n) is 4.05. The van der Waals surface area contributed by atoms with Crippen LogP contribution in [0.5, 0.6) is 0 Å². The highest BCUT2D eigenvalue weighted by Gasteiger charge is 2.23. The molecule has 2 heterocycles. The molecule has 0 radical (unpaired) electrons. The van der Waals surface area contributed by atoms with E-state index in [9.17, 15) is 4.79 Å². The standard InChI is InChI=1S/C15H25N3O2/c1-12-10-13(2)18(16-12)8-5-15(20)17-7-3-4-14(11-17)6-9-19/h10,14,19H,3-9,11H2,1-2H3. The highest BCUT2D eigenvalue weighted by atomic mass is 16.3. The van der Waals surface area contributed by atoms with Crippen molar-refractivity contribution < 1.29 is 9.90 Å². The summed E-state index contributed by atoms with van der Waals surface area (Å²) in [6.45, 7) is 6.52. The summed E-state index contributed by atoms with van der Waals surface area (Å²) in [5.74, 6) is 0.673. The fraction of sp³-hybridized carbons (Fsp3) is 0.733. The molecule has 112 valence electrons. The van der Waals surface area contributed by atoms with E-state index in [1.54, 1.807) is 0 Å². The number of nitrogens with zero attached hydrogens (tertiary/aromatic N) is 3. The summed E-state index contributed by atoms with van der Waals surface area (Å²) in [6.07, 6.45) is 3.49. The fourth-order valence-corrected chi connectivity index (χ4v) is 2.97. The number of aryl methyl sites for hydroxylation is 3. The Morgan fingerprint density at radius 1 is 1.50 bits per heavy atom. The Labute approximate surface area is 120 Å². The SMILES string of the molecule is Cc1cc(C)n(CCC(=O)N2CCCC(CCO)C2)n1. The molecule has 20 heavy (non-hydrogen) atoms. The lowest BCUT2D eigenvalue weighted by Crippen LogP contribution is -2.40. The van der Waals surface area contributed by atoms with Crippen LogP contribution in [0.3, 0.4) is 0 Å². The Kier molecular flexibility index (Phi) is 5.17. The maximum absolute atomic E-state index is 12.3. The van der Waals surface area contributed by atoms with Gasteiger partial charge in [-0.05, 0) is 45.1 Å². The lowest BCUT2D eigenvalue weighted by atomic mass is 9.95. The van der Waals surface area contributed by atoms with Crippen LogP contribution in [0.1, 0.15) is 37.1 Å². The van der Waals surface area contributed by atoms with Gasteiger partial charge in [-0.1, -0.05) is 0 Å². The van der Waals surface area contributed by atoms with Crippen molar-refractivity contribution >= 4 is 5.91 Å². The number of hydrogen-bond donors (Lipinski definition) is 1. The highest BCUT2D eigenvalue weighted by Crippen LogP contribution is 2.20. The third-order valence-corrected chi connectivity index (χ3v) is 4.05. The van der Waals surface area contributed by atoms with Crippen molar-refractivity contribution in [2.45, 2.75) is 46.1 Å². The van der Waals surface area contributed by atoms with Crippen LogP contribution in [0, 0.1) is 19.8 Å². The zero-order valence-electron chi connectivity index (χ0n) is 12.5. The van der Waals surface area contributed by atoms with Crippen LogP contribution in [-0.4, -0.2) is 45.4 Å². The average Bonchev–Trinajstić information content (AvgIpc) is 2.75. The fourth-order valence-electron chi connectivity index (χ4n) is 2.97.